The van der Waals surface area contributed by atoms with Gasteiger partial charge < -0.3 is 20.3 Å². The van der Waals surface area contributed by atoms with Crippen LogP contribution in [0, 0.1) is 0 Å². The molecule has 10 heavy (non-hydrogen) atoms. The molecule has 0 rings (SSSR count). The number of amides is 1. The number of carbonyl (C=O) groups excluding carboxylic acids is 1. The van der Waals surface area contributed by atoms with Crippen molar-refractivity contribution in [1.82, 2.24) is 0 Å². The van der Waals surface area contributed by atoms with E-state index in [0.29, 0.717) is 0 Å². The number of rotatable bonds is 3. The maximum absolute atomic E-state index is 10.3. The summed E-state index contributed by atoms with van der Waals surface area (Å²) in [6, 6.07) is 0. The quantitative estimate of drug-likeness (QED) is 0.451. The number of hydrogen-bond donors (Lipinski definition) is 3. The predicted molar refractivity (Wildman–Crippen MR) is 32.0 cm³/mol. The fourth-order valence-corrected chi connectivity index (χ4v) is 1.03. The first kappa shape index (κ1) is 9.58. The molecule has 0 aliphatic heterocycles. The molecule has 0 aromatic heterocycles. The summed E-state index contributed by atoms with van der Waals surface area (Å²) in [5.41, 5.74) is 4.58. The third-order valence-electron chi connectivity index (χ3n) is 0.772. The van der Waals surface area contributed by atoms with Gasteiger partial charge in [0.05, 0.1) is 0 Å². The molecular formula is C3H8NO5P. The zero-order chi connectivity index (χ0) is 8.36. The summed E-state index contributed by atoms with van der Waals surface area (Å²) in [7, 11) is -3.53. The summed E-state index contributed by atoms with van der Waals surface area (Å²) < 4.78 is 14.4. The van der Waals surface area contributed by atoms with Crippen LogP contribution in [0.3, 0.4) is 0 Å². The van der Waals surface area contributed by atoms with Gasteiger partial charge in [0.25, 0.3) is 5.91 Å². The minimum absolute atomic E-state index is 0.995. The van der Waals surface area contributed by atoms with E-state index >= 15 is 0 Å². The second-order valence-electron chi connectivity index (χ2n) is 1.58. The molecule has 1 unspecified atom stereocenters. The van der Waals surface area contributed by atoms with Gasteiger partial charge in [0.1, 0.15) is 0 Å². The summed E-state index contributed by atoms with van der Waals surface area (Å²) in [4.78, 5) is 26.8. The molecular weight excluding hydrogens is 161 g/mol. The van der Waals surface area contributed by atoms with Crippen molar-refractivity contribution in [3.63, 3.8) is 0 Å². The second kappa shape index (κ2) is 3.12. The Labute approximate surface area is 57.1 Å². The standard InChI is InChI=1S/C3H8NO5P/c1-9-3(2(4)5)10(6,7)8/h3H,1H3,(H2,4,5)(H2,6,7,8). The number of methoxy groups -OCH3 is 1. The Morgan fingerprint density at radius 2 is 2.10 bits per heavy atom. The Hall–Kier alpha value is -0.420. The number of carbonyl (C=O) groups is 1. The highest BCUT2D eigenvalue weighted by Crippen LogP contribution is 2.40. The SMILES string of the molecule is COC(C(N)=O)P(=O)(O)O. The molecule has 0 aliphatic carbocycles. The average Bonchev–Trinajstić information content (AvgIpc) is 1.60. The van der Waals surface area contributed by atoms with E-state index in [-0.39, 0.29) is 0 Å². The van der Waals surface area contributed by atoms with Crippen molar-refractivity contribution in [1.29, 1.82) is 0 Å². The van der Waals surface area contributed by atoms with E-state index in [9.17, 15) is 9.36 Å². The lowest BCUT2D eigenvalue weighted by atomic mass is 10.7. The van der Waals surface area contributed by atoms with Gasteiger partial charge in [-0.1, -0.05) is 0 Å². The summed E-state index contributed by atoms with van der Waals surface area (Å²) >= 11 is 0. The van der Waals surface area contributed by atoms with Crippen LogP contribution < -0.4 is 5.73 Å². The third kappa shape index (κ3) is 2.45. The Morgan fingerprint density at radius 3 is 2.10 bits per heavy atom. The van der Waals surface area contributed by atoms with Gasteiger partial charge in [-0.3, -0.25) is 9.36 Å². The number of ether oxygens (including phenoxy) is 1. The molecule has 0 radical (unpaired) electrons. The van der Waals surface area contributed by atoms with Crippen LogP contribution in [0.2, 0.25) is 0 Å². The Bertz CT molecular complexity index is 174. The Morgan fingerprint density at radius 1 is 1.70 bits per heavy atom. The number of nitrogens with two attached hydrogens (primary N) is 1. The lowest BCUT2D eigenvalue weighted by molar-refractivity contribution is -0.124. The summed E-state index contributed by atoms with van der Waals surface area (Å²) in [5.74, 6) is -3.00. The highest BCUT2D eigenvalue weighted by molar-refractivity contribution is 7.53. The maximum atomic E-state index is 10.3. The first-order valence-corrected chi connectivity index (χ1v) is 3.95. The largest absolute Gasteiger partial charge is 0.367 e. The molecule has 6 nitrogen and oxygen atoms in total. The third-order valence-corrected chi connectivity index (χ3v) is 1.85. The fraction of sp³-hybridized carbons (Fsp3) is 0.667. The van der Waals surface area contributed by atoms with Crippen molar-refractivity contribution >= 4 is 13.5 Å². The molecule has 0 aromatic carbocycles. The molecule has 0 aromatic rings. The van der Waals surface area contributed by atoms with E-state index in [0.717, 1.165) is 7.11 Å². The number of hydrogen-bond acceptors (Lipinski definition) is 3. The minimum atomic E-state index is -4.53. The molecule has 0 saturated heterocycles. The molecule has 4 N–H and O–H groups in total. The zero-order valence-electron chi connectivity index (χ0n) is 5.22. The number of primary amides is 1. The Kier molecular flexibility index (Phi) is 2.98. The lowest BCUT2D eigenvalue weighted by Gasteiger charge is -2.11. The predicted octanol–water partition coefficient (Wildman–Crippen LogP) is -1.38. The topological polar surface area (TPSA) is 110 Å². The van der Waals surface area contributed by atoms with Crippen LogP contribution in [0.25, 0.3) is 0 Å². The van der Waals surface area contributed by atoms with Gasteiger partial charge in [0.2, 0.25) is 5.85 Å². The zero-order valence-corrected chi connectivity index (χ0v) is 6.12. The van der Waals surface area contributed by atoms with Crippen molar-refractivity contribution in [2.24, 2.45) is 5.73 Å². The fourth-order valence-electron chi connectivity index (χ4n) is 0.419. The van der Waals surface area contributed by atoms with Crippen LogP contribution in [-0.4, -0.2) is 28.6 Å². The minimum Gasteiger partial charge on any atom is -0.367 e. The van der Waals surface area contributed by atoms with Gasteiger partial charge in [-0.25, -0.2) is 0 Å². The molecule has 7 heteroatoms. The van der Waals surface area contributed by atoms with Crippen molar-refractivity contribution < 1.29 is 23.9 Å². The molecule has 0 saturated carbocycles. The molecule has 1 atom stereocenters. The van der Waals surface area contributed by atoms with Gasteiger partial charge in [0.15, 0.2) is 0 Å². The van der Waals surface area contributed by atoms with E-state index in [4.69, 9.17) is 9.79 Å². The maximum Gasteiger partial charge on any atom is 0.363 e. The van der Waals surface area contributed by atoms with Crippen LogP contribution in [0.15, 0.2) is 0 Å². The molecule has 0 fully saturated rings. The molecule has 0 aliphatic rings. The van der Waals surface area contributed by atoms with Crippen LogP contribution in [0.5, 0.6) is 0 Å². The van der Waals surface area contributed by atoms with E-state index < -0.39 is 19.3 Å². The van der Waals surface area contributed by atoms with Gasteiger partial charge >= 0.3 is 7.60 Å². The molecule has 0 heterocycles. The first-order chi connectivity index (χ1) is 4.39. The van der Waals surface area contributed by atoms with E-state index in [1.807, 2.05) is 0 Å². The molecule has 0 spiro atoms. The van der Waals surface area contributed by atoms with Crippen molar-refractivity contribution in [2.75, 3.05) is 7.11 Å². The van der Waals surface area contributed by atoms with E-state index in [2.05, 4.69) is 10.5 Å². The normalized spacial score (nSPS) is 14.7. The van der Waals surface area contributed by atoms with Crippen molar-refractivity contribution in [3.05, 3.63) is 0 Å². The molecule has 60 valence electrons. The van der Waals surface area contributed by atoms with E-state index in [1.54, 1.807) is 0 Å². The smallest absolute Gasteiger partial charge is 0.363 e. The van der Waals surface area contributed by atoms with Crippen molar-refractivity contribution in [2.45, 2.75) is 5.85 Å². The monoisotopic (exact) mass is 169 g/mol. The molecule has 1 amide bonds. The van der Waals surface area contributed by atoms with Gasteiger partial charge in [-0.05, 0) is 0 Å². The lowest BCUT2D eigenvalue weighted by Crippen LogP contribution is -2.29. The van der Waals surface area contributed by atoms with Gasteiger partial charge in [-0.2, -0.15) is 0 Å². The Balaban J connectivity index is 4.38. The van der Waals surface area contributed by atoms with Crippen LogP contribution in [0.4, 0.5) is 0 Å². The first-order valence-electron chi connectivity index (χ1n) is 2.27. The van der Waals surface area contributed by atoms with Crippen LogP contribution >= 0.6 is 7.60 Å². The summed E-state index contributed by atoms with van der Waals surface area (Å²) in [6.07, 6.45) is 0. The summed E-state index contributed by atoms with van der Waals surface area (Å²) in [6.45, 7) is 0. The van der Waals surface area contributed by atoms with Gasteiger partial charge in [0, 0.05) is 7.11 Å². The average molecular weight is 169 g/mol. The van der Waals surface area contributed by atoms with Crippen LogP contribution in [-0.2, 0) is 14.1 Å². The van der Waals surface area contributed by atoms with Gasteiger partial charge in [-0.15, -0.1) is 0 Å². The summed E-state index contributed by atoms with van der Waals surface area (Å²) in [5, 5.41) is 0. The second-order valence-corrected chi connectivity index (χ2v) is 3.23. The molecule has 0 bridgehead atoms. The van der Waals surface area contributed by atoms with Crippen LogP contribution in [0.1, 0.15) is 0 Å². The highest BCUT2D eigenvalue weighted by Gasteiger charge is 2.33. The highest BCUT2D eigenvalue weighted by atomic mass is 31.2. The van der Waals surface area contributed by atoms with Crippen molar-refractivity contribution in [3.8, 4) is 0 Å². The van der Waals surface area contributed by atoms with E-state index in [1.165, 1.54) is 0 Å².